The zero-order valence-electron chi connectivity index (χ0n) is 11.4. The molecular weight excluding hydrogens is 259 g/mol. The third-order valence-corrected chi connectivity index (χ3v) is 2.96. The van der Waals surface area contributed by atoms with Crippen LogP contribution in [0.15, 0.2) is 30.5 Å². The number of benzene rings is 1. The number of amides is 1. The minimum Gasteiger partial charge on any atom is -0.351 e. The molecule has 0 aliphatic carbocycles. The minimum atomic E-state index is -0.539. The summed E-state index contributed by atoms with van der Waals surface area (Å²) in [4.78, 5) is 11.4. The molecule has 2 rings (SSSR count). The Bertz CT molecular complexity index is 604. The van der Waals surface area contributed by atoms with E-state index in [1.807, 2.05) is 13.1 Å². The third kappa shape index (κ3) is 3.21. The van der Waals surface area contributed by atoms with Gasteiger partial charge in [-0.3, -0.25) is 4.79 Å². The highest BCUT2D eigenvalue weighted by Crippen LogP contribution is 2.12. The molecule has 0 aliphatic rings. The Hall–Kier alpha value is -2.21. The van der Waals surface area contributed by atoms with E-state index in [4.69, 9.17) is 5.73 Å². The van der Waals surface area contributed by atoms with Gasteiger partial charge in [0, 0.05) is 18.3 Å². The highest BCUT2D eigenvalue weighted by Gasteiger charge is 2.10. The van der Waals surface area contributed by atoms with Crippen LogP contribution in [0.4, 0.5) is 4.39 Å². The van der Waals surface area contributed by atoms with Crippen molar-refractivity contribution in [2.45, 2.75) is 26.4 Å². The highest BCUT2D eigenvalue weighted by atomic mass is 19.1. The van der Waals surface area contributed by atoms with Crippen molar-refractivity contribution in [3.05, 3.63) is 47.5 Å². The number of aromatic nitrogens is 2. The SMILES string of the molecule is Cc1nn(-c2ccc(F)cc2)cc1CNC(=O)[C@@H](C)N. The predicted octanol–water partition coefficient (Wildman–Crippen LogP) is 1.28. The number of hydrogen-bond donors (Lipinski definition) is 2. The fourth-order valence-corrected chi connectivity index (χ4v) is 1.74. The lowest BCUT2D eigenvalue weighted by atomic mass is 10.2. The normalized spacial score (nSPS) is 12.2. The number of nitrogens with two attached hydrogens (primary N) is 1. The van der Waals surface area contributed by atoms with Crippen LogP contribution in [0.3, 0.4) is 0 Å². The van der Waals surface area contributed by atoms with E-state index in [1.54, 1.807) is 23.7 Å². The van der Waals surface area contributed by atoms with E-state index in [0.717, 1.165) is 16.9 Å². The lowest BCUT2D eigenvalue weighted by Crippen LogP contribution is -2.37. The number of hydrogen-bond acceptors (Lipinski definition) is 3. The molecule has 1 heterocycles. The van der Waals surface area contributed by atoms with E-state index in [0.29, 0.717) is 6.54 Å². The van der Waals surface area contributed by atoms with Crippen LogP contribution in [0, 0.1) is 12.7 Å². The second kappa shape index (κ2) is 5.83. The Balaban J connectivity index is 2.13. The molecule has 0 spiro atoms. The molecule has 106 valence electrons. The Morgan fingerprint density at radius 1 is 1.45 bits per heavy atom. The average Bonchev–Trinajstić information content (AvgIpc) is 2.78. The number of aryl methyl sites for hydroxylation is 1. The van der Waals surface area contributed by atoms with Crippen molar-refractivity contribution in [1.29, 1.82) is 0 Å². The molecule has 6 heteroatoms. The summed E-state index contributed by atoms with van der Waals surface area (Å²) in [6, 6.07) is 5.51. The number of halogens is 1. The molecule has 1 atom stereocenters. The highest BCUT2D eigenvalue weighted by molar-refractivity contribution is 5.80. The van der Waals surface area contributed by atoms with Gasteiger partial charge in [0.2, 0.25) is 5.91 Å². The van der Waals surface area contributed by atoms with Gasteiger partial charge in [-0.05, 0) is 38.1 Å². The monoisotopic (exact) mass is 276 g/mol. The summed E-state index contributed by atoms with van der Waals surface area (Å²) in [7, 11) is 0. The van der Waals surface area contributed by atoms with E-state index >= 15 is 0 Å². The maximum Gasteiger partial charge on any atom is 0.236 e. The van der Waals surface area contributed by atoms with E-state index in [1.165, 1.54) is 12.1 Å². The first-order valence-corrected chi connectivity index (χ1v) is 6.32. The van der Waals surface area contributed by atoms with Crippen LogP contribution in [-0.4, -0.2) is 21.7 Å². The van der Waals surface area contributed by atoms with Crippen molar-refractivity contribution >= 4 is 5.91 Å². The van der Waals surface area contributed by atoms with Gasteiger partial charge in [-0.15, -0.1) is 0 Å². The Morgan fingerprint density at radius 3 is 2.70 bits per heavy atom. The summed E-state index contributed by atoms with van der Waals surface area (Å²) in [5.41, 5.74) is 7.94. The quantitative estimate of drug-likeness (QED) is 0.883. The van der Waals surface area contributed by atoms with Gasteiger partial charge in [0.05, 0.1) is 17.4 Å². The van der Waals surface area contributed by atoms with Gasteiger partial charge in [0.25, 0.3) is 0 Å². The molecule has 0 radical (unpaired) electrons. The molecule has 1 amide bonds. The second-order valence-corrected chi connectivity index (χ2v) is 4.67. The molecule has 0 saturated heterocycles. The number of carbonyl (C=O) groups is 1. The molecule has 20 heavy (non-hydrogen) atoms. The van der Waals surface area contributed by atoms with Crippen molar-refractivity contribution in [2.75, 3.05) is 0 Å². The molecule has 0 bridgehead atoms. The molecule has 0 unspecified atom stereocenters. The average molecular weight is 276 g/mol. The first-order chi connectivity index (χ1) is 9.47. The standard InChI is InChI=1S/C14H17FN4O/c1-9(16)14(20)17-7-11-8-19(18-10(11)2)13-5-3-12(15)4-6-13/h3-6,8-9H,7,16H2,1-2H3,(H,17,20)/t9-/m1/s1. The van der Waals surface area contributed by atoms with E-state index in [9.17, 15) is 9.18 Å². The number of rotatable bonds is 4. The zero-order valence-corrected chi connectivity index (χ0v) is 11.4. The lowest BCUT2D eigenvalue weighted by Gasteiger charge is -2.06. The number of nitrogens with zero attached hydrogens (tertiary/aromatic N) is 2. The predicted molar refractivity (Wildman–Crippen MR) is 73.8 cm³/mol. The summed E-state index contributed by atoms with van der Waals surface area (Å²) < 4.78 is 14.5. The van der Waals surface area contributed by atoms with Gasteiger partial charge in [0.1, 0.15) is 5.82 Å². The van der Waals surface area contributed by atoms with E-state index < -0.39 is 6.04 Å². The maximum atomic E-state index is 12.9. The molecule has 3 N–H and O–H groups in total. The van der Waals surface area contributed by atoms with Crippen LogP contribution in [0.5, 0.6) is 0 Å². The largest absolute Gasteiger partial charge is 0.351 e. The topological polar surface area (TPSA) is 72.9 Å². The molecule has 0 fully saturated rings. The Kier molecular flexibility index (Phi) is 4.14. The van der Waals surface area contributed by atoms with Crippen LogP contribution in [0.1, 0.15) is 18.2 Å². The minimum absolute atomic E-state index is 0.209. The van der Waals surface area contributed by atoms with Crippen LogP contribution < -0.4 is 11.1 Å². The van der Waals surface area contributed by atoms with Crippen LogP contribution in [-0.2, 0) is 11.3 Å². The van der Waals surface area contributed by atoms with Gasteiger partial charge < -0.3 is 11.1 Å². The van der Waals surface area contributed by atoms with Crippen molar-refractivity contribution in [3.8, 4) is 5.69 Å². The van der Waals surface area contributed by atoms with Gasteiger partial charge >= 0.3 is 0 Å². The fraction of sp³-hybridized carbons (Fsp3) is 0.286. The molecule has 5 nitrogen and oxygen atoms in total. The molecule has 1 aromatic carbocycles. The summed E-state index contributed by atoms with van der Waals surface area (Å²) in [6.45, 7) is 3.85. The molecule has 1 aromatic heterocycles. The summed E-state index contributed by atoms with van der Waals surface area (Å²) in [6.07, 6.45) is 1.81. The lowest BCUT2D eigenvalue weighted by molar-refractivity contribution is -0.122. The Morgan fingerprint density at radius 2 is 2.10 bits per heavy atom. The number of carbonyl (C=O) groups excluding carboxylic acids is 1. The smallest absolute Gasteiger partial charge is 0.236 e. The number of nitrogens with one attached hydrogen (secondary N) is 1. The van der Waals surface area contributed by atoms with Crippen molar-refractivity contribution in [2.24, 2.45) is 5.73 Å². The zero-order chi connectivity index (χ0) is 14.7. The first-order valence-electron chi connectivity index (χ1n) is 6.32. The van der Waals surface area contributed by atoms with Crippen LogP contribution >= 0.6 is 0 Å². The van der Waals surface area contributed by atoms with Crippen LogP contribution in [0.2, 0.25) is 0 Å². The maximum absolute atomic E-state index is 12.9. The second-order valence-electron chi connectivity index (χ2n) is 4.67. The fourth-order valence-electron chi connectivity index (χ4n) is 1.74. The molecule has 0 saturated carbocycles. The van der Waals surface area contributed by atoms with Gasteiger partial charge in [0.15, 0.2) is 0 Å². The van der Waals surface area contributed by atoms with E-state index in [2.05, 4.69) is 10.4 Å². The third-order valence-electron chi connectivity index (χ3n) is 2.96. The van der Waals surface area contributed by atoms with Crippen molar-refractivity contribution in [3.63, 3.8) is 0 Å². The summed E-state index contributed by atoms with van der Waals surface area (Å²) in [5, 5.41) is 7.08. The first kappa shape index (κ1) is 14.2. The van der Waals surface area contributed by atoms with Gasteiger partial charge in [-0.2, -0.15) is 5.10 Å². The Labute approximate surface area is 116 Å². The van der Waals surface area contributed by atoms with Crippen molar-refractivity contribution < 1.29 is 9.18 Å². The summed E-state index contributed by atoms with van der Waals surface area (Å²) in [5.74, 6) is -0.499. The van der Waals surface area contributed by atoms with Crippen LogP contribution in [0.25, 0.3) is 5.69 Å². The van der Waals surface area contributed by atoms with Crippen molar-refractivity contribution in [1.82, 2.24) is 15.1 Å². The van der Waals surface area contributed by atoms with Gasteiger partial charge in [-0.25, -0.2) is 9.07 Å². The molecule has 0 aliphatic heterocycles. The molecular formula is C14H17FN4O. The summed E-state index contributed by atoms with van der Waals surface area (Å²) >= 11 is 0. The molecule has 2 aromatic rings. The van der Waals surface area contributed by atoms with E-state index in [-0.39, 0.29) is 11.7 Å². The van der Waals surface area contributed by atoms with Gasteiger partial charge in [-0.1, -0.05) is 0 Å².